The van der Waals surface area contributed by atoms with Crippen molar-refractivity contribution in [3.8, 4) is 10.4 Å². The van der Waals surface area contributed by atoms with Gasteiger partial charge in [-0.2, -0.15) is 5.21 Å². The summed E-state index contributed by atoms with van der Waals surface area (Å²) in [6.45, 7) is 0. The van der Waals surface area contributed by atoms with E-state index in [2.05, 4.69) is 32.8 Å². The first kappa shape index (κ1) is 10.9. The number of anilines is 1. The molecule has 6 heteroatoms. The van der Waals surface area contributed by atoms with Crippen molar-refractivity contribution in [2.24, 2.45) is 0 Å². The lowest BCUT2D eigenvalue weighted by atomic mass is 10.1. The van der Waals surface area contributed by atoms with Gasteiger partial charge in [0.25, 0.3) is 0 Å². The predicted octanol–water partition coefficient (Wildman–Crippen LogP) is 2.10. The maximum absolute atomic E-state index is 5.96. The van der Waals surface area contributed by atoms with E-state index in [1.807, 2.05) is 24.3 Å². The lowest BCUT2D eigenvalue weighted by Gasteiger charge is -2.01. The summed E-state index contributed by atoms with van der Waals surface area (Å²) in [4.78, 5) is 2.35. The molecule has 0 atom stereocenters. The number of thiophene rings is 1. The van der Waals surface area contributed by atoms with Gasteiger partial charge in [-0.3, -0.25) is 0 Å². The van der Waals surface area contributed by atoms with Crippen LogP contribution in [0.3, 0.4) is 0 Å². The predicted molar refractivity (Wildman–Crippen MR) is 71.2 cm³/mol. The number of tetrazole rings is 1. The van der Waals surface area contributed by atoms with E-state index in [4.69, 9.17) is 5.73 Å². The van der Waals surface area contributed by atoms with E-state index in [9.17, 15) is 0 Å². The fraction of sp³-hybridized carbons (Fsp3) is 0.0833. The van der Waals surface area contributed by atoms with Crippen molar-refractivity contribution in [2.45, 2.75) is 6.42 Å². The van der Waals surface area contributed by atoms with Gasteiger partial charge in [-0.1, -0.05) is 23.4 Å². The number of hydrogen-bond donors (Lipinski definition) is 2. The summed E-state index contributed by atoms with van der Waals surface area (Å²) in [6.07, 6.45) is 0.688. The molecule has 0 unspecified atom stereocenters. The molecule has 1 aromatic carbocycles. The highest BCUT2D eigenvalue weighted by Gasteiger charge is 2.07. The van der Waals surface area contributed by atoms with Crippen LogP contribution in [0.1, 0.15) is 10.7 Å². The van der Waals surface area contributed by atoms with Crippen LogP contribution in [-0.2, 0) is 6.42 Å². The number of para-hydroxylation sites is 1. The van der Waals surface area contributed by atoms with Crippen LogP contribution >= 0.6 is 11.3 Å². The summed E-state index contributed by atoms with van der Waals surface area (Å²) in [5.74, 6) is 0.699. The highest BCUT2D eigenvalue weighted by molar-refractivity contribution is 7.15. The fourth-order valence-corrected chi connectivity index (χ4v) is 2.80. The largest absolute Gasteiger partial charge is 0.398 e. The molecule has 0 amide bonds. The van der Waals surface area contributed by atoms with Gasteiger partial charge in [0.15, 0.2) is 5.82 Å². The van der Waals surface area contributed by atoms with Crippen molar-refractivity contribution in [1.29, 1.82) is 0 Å². The highest BCUT2D eigenvalue weighted by Crippen LogP contribution is 2.32. The molecule has 3 aromatic rings. The Morgan fingerprint density at radius 2 is 2.06 bits per heavy atom. The first-order valence-corrected chi connectivity index (χ1v) is 6.30. The maximum Gasteiger partial charge on any atom is 0.179 e. The molecule has 3 N–H and O–H groups in total. The number of benzene rings is 1. The zero-order valence-electron chi connectivity index (χ0n) is 9.50. The minimum Gasteiger partial charge on any atom is -0.398 e. The number of nitrogens with zero attached hydrogens (tertiary/aromatic N) is 3. The Hall–Kier alpha value is -2.21. The molecule has 5 nitrogen and oxygen atoms in total. The minimum absolute atomic E-state index is 0.688. The number of aromatic nitrogens is 4. The van der Waals surface area contributed by atoms with Gasteiger partial charge >= 0.3 is 0 Å². The van der Waals surface area contributed by atoms with Gasteiger partial charge in [0.2, 0.25) is 0 Å². The molecule has 0 spiro atoms. The average molecular weight is 257 g/mol. The van der Waals surface area contributed by atoms with Crippen LogP contribution < -0.4 is 5.73 Å². The molecule has 0 aliphatic heterocycles. The molecular formula is C12H11N5S. The van der Waals surface area contributed by atoms with E-state index >= 15 is 0 Å². The molecule has 90 valence electrons. The smallest absolute Gasteiger partial charge is 0.179 e. The monoisotopic (exact) mass is 257 g/mol. The number of nitrogen functional groups attached to an aromatic ring is 1. The van der Waals surface area contributed by atoms with Crippen LogP contribution in [0, 0.1) is 0 Å². The molecule has 0 bridgehead atoms. The molecule has 0 fully saturated rings. The summed E-state index contributed by atoms with van der Waals surface area (Å²) >= 11 is 1.70. The van der Waals surface area contributed by atoms with Crippen molar-refractivity contribution < 1.29 is 0 Å². The Kier molecular flexibility index (Phi) is 2.77. The van der Waals surface area contributed by atoms with Crippen LogP contribution in [0.2, 0.25) is 0 Å². The second-order valence-corrected chi connectivity index (χ2v) is 5.03. The zero-order chi connectivity index (χ0) is 12.4. The van der Waals surface area contributed by atoms with E-state index in [0.717, 1.165) is 16.1 Å². The van der Waals surface area contributed by atoms with Crippen molar-refractivity contribution in [1.82, 2.24) is 20.6 Å². The van der Waals surface area contributed by atoms with E-state index in [0.29, 0.717) is 12.2 Å². The van der Waals surface area contributed by atoms with Crippen LogP contribution in [0.15, 0.2) is 36.4 Å². The summed E-state index contributed by atoms with van der Waals surface area (Å²) in [6, 6.07) is 12.0. The van der Waals surface area contributed by atoms with Crippen molar-refractivity contribution in [3.63, 3.8) is 0 Å². The van der Waals surface area contributed by atoms with Crippen LogP contribution in [0.4, 0.5) is 5.69 Å². The van der Waals surface area contributed by atoms with Gasteiger partial charge in [-0.15, -0.1) is 21.5 Å². The normalized spacial score (nSPS) is 10.7. The molecule has 2 heterocycles. The van der Waals surface area contributed by atoms with Gasteiger partial charge < -0.3 is 5.73 Å². The van der Waals surface area contributed by atoms with Crippen LogP contribution in [-0.4, -0.2) is 20.6 Å². The quantitative estimate of drug-likeness (QED) is 0.704. The van der Waals surface area contributed by atoms with Gasteiger partial charge in [0.1, 0.15) is 0 Å². The maximum atomic E-state index is 5.96. The topological polar surface area (TPSA) is 80.5 Å². The van der Waals surface area contributed by atoms with Gasteiger partial charge in [0.05, 0.1) is 0 Å². The third-order valence-electron chi connectivity index (χ3n) is 2.61. The van der Waals surface area contributed by atoms with Gasteiger partial charge in [0, 0.05) is 27.4 Å². The summed E-state index contributed by atoms with van der Waals surface area (Å²) in [7, 11) is 0. The molecule has 0 radical (unpaired) electrons. The fourth-order valence-electron chi connectivity index (χ4n) is 1.75. The van der Waals surface area contributed by atoms with E-state index in [-0.39, 0.29) is 0 Å². The number of rotatable bonds is 3. The SMILES string of the molecule is Nc1ccccc1-c1ccc(Cc2nn[nH]n2)s1. The van der Waals surface area contributed by atoms with Crippen molar-refractivity contribution in [3.05, 3.63) is 47.1 Å². The van der Waals surface area contributed by atoms with E-state index < -0.39 is 0 Å². The van der Waals surface area contributed by atoms with E-state index in [1.54, 1.807) is 11.3 Å². The number of nitrogens with two attached hydrogens (primary N) is 1. The van der Waals surface area contributed by atoms with Crippen molar-refractivity contribution >= 4 is 17.0 Å². The summed E-state index contributed by atoms with van der Waals surface area (Å²) < 4.78 is 0. The number of aromatic amines is 1. The molecule has 0 saturated heterocycles. The average Bonchev–Trinajstić information content (AvgIpc) is 3.02. The minimum atomic E-state index is 0.688. The van der Waals surface area contributed by atoms with E-state index in [1.165, 1.54) is 4.88 Å². The molecule has 18 heavy (non-hydrogen) atoms. The highest BCUT2D eigenvalue weighted by atomic mass is 32.1. The summed E-state index contributed by atoms with van der Waals surface area (Å²) in [5, 5.41) is 13.9. The summed E-state index contributed by atoms with van der Waals surface area (Å²) in [5.41, 5.74) is 7.83. The Morgan fingerprint density at radius 3 is 2.83 bits per heavy atom. The second kappa shape index (κ2) is 4.58. The molecule has 0 aliphatic rings. The standard InChI is InChI=1S/C12H11N5S/c13-10-4-2-1-3-9(10)11-6-5-8(18-11)7-12-14-16-17-15-12/h1-6H,7,13H2,(H,14,15,16,17). The Balaban J connectivity index is 1.88. The zero-order valence-corrected chi connectivity index (χ0v) is 10.3. The molecule has 0 saturated carbocycles. The third-order valence-corrected chi connectivity index (χ3v) is 3.73. The third kappa shape index (κ3) is 2.10. The van der Waals surface area contributed by atoms with Gasteiger partial charge in [-0.05, 0) is 18.2 Å². The molecule has 2 aromatic heterocycles. The van der Waals surface area contributed by atoms with Crippen LogP contribution in [0.25, 0.3) is 10.4 Å². The number of H-pyrrole nitrogens is 1. The molecule has 3 rings (SSSR count). The lowest BCUT2D eigenvalue weighted by molar-refractivity contribution is 0.881. The Bertz CT molecular complexity index is 644. The molecule has 0 aliphatic carbocycles. The first-order chi connectivity index (χ1) is 8.83. The molecular weight excluding hydrogens is 246 g/mol. The lowest BCUT2D eigenvalue weighted by Crippen LogP contribution is -1.87. The number of nitrogens with one attached hydrogen (secondary N) is 1. The second-order valence-electron chi connectivity index (χ2n) is 3.86. The Morgan fingerprint density at radius 1 is 1.17 bits per heavy atom. The Labute approximate surface area is 108 Å². The first-order valence-electron chi connectivity index (χ1n) is 5.49. The van der Waals surface area contributed by atoms with Gasteiger partial charge in [-0.25, -0.2) is 0 Å². The van der Waals surface area contributed by atoms with Crippen LogP contribution in [0.5, 0.6) is 0 Å². The number of hydrogen-bond acceptors (Lipinski definition) is 5. The van der Waals surface area contributed by atoms with Crippen molar-refractivity contribution in [2.75, 3.05) is 5.73 Å².